The molecule has 10 aromatic rings. The third-order valence-electron chi connectivity index (χ3n) is 9.93. The van der Waals surface area contributed by atoms with Crippen molar-refractivity contribution in [1.82, 2.24) is 15.0 Å². The van der Waals surface area contributed by atoms with Crippen molar-refractivity contribution in [2.24, 2.45) is 0 Å². The van der Waals surface area contributed by atoms with Gasteiger partial charge in [0.1, 0.15) is 0 Å². The molecule has 2 aromatic heterocycles. The first-order valence-electron chi connectivity index (χ1n) is 16.9. The molecule has 0 bridgehead atoms. The lowest BCUT2D eigenvalue weighted by atomic mass is 9.91. The number of fused-ring (bicyclic) bond motifs is 1. The molecule has 0 amide bonds. The van der Waals surface area contributed by atoms with Gasteiger partial charge >= 0.3 is 0 Å². The van der Waals surface area contributed by atoms with E-state index in [0.29, 0.717) is 5.82 Å². The summed E-state index contributed by atoms with van der Waals surface area (Å²) in [5.41, 5.74) is 9.44. The van der Waals surface area contributed by atoms with Crippen LogP contribution < -0.4 is 0 Å². The molecule has 0 atom stereocenters. The van der Waals surface area contributed by atoms with E-state index in [1.807, 2.05) is 12.3 Å². The van der Waals surface area contributed by atoms with Crippen molar-refractivity contribution in [2.75, 3.05) is 0 Å². The summed E-state index contributed by atoms with van der Waals surface area (Å²) in [5.74, 6) is 0.699. The highest BCUT2D eigenvalue weighted by Crippen LogP contribution is 2.40. The zero-order chi connectivity index (χ0) is 33.0. The van der Waals surface area contributed by atoms with Crippen LogP contribution in [0.2, 0.25) is 0 Å². The van der Waals surface area contributed by atoms with E-state index in [1.165, 1.54) is 48.7 Å². The number of hydrogen-bond donors (Lipinski definition) is 0. The summed E-state index contributed by atoms with van der Waals surface area (Å²) in [7, 11) is 0. The van der Waals surface area contributed by atoms with Crippen molar-refractivity contribution in [3.63, 3.8) is 0 Å². The maximum atomic E-state index is 5.27. The van der Waals surface area contributed by atoms with Crippen molar-refractivity contribution in [3.05, 3.63) is 176 Å². The SMILES string of the molecule is c1cncc(-c2ccc(-c3cc(-c4ccc5ccc6cccc7ccc4c5c67)nc(-c4ccc(-c5ccc6ccccc6c5)cc4)n3)cc2)c1. The van der Waals surface area contributed by atoms with Crippen LogP contribution in [0.1, 0.15) is 0 Å². The topological polar surface area (TPSA) is 38.7 Å². The van der Waals surface area contributed by atoms with Gasteiger partial charge in [-0.25, -0.2) is 9.97 Å². The van der Waals surface area contributed by atoms with Crippen LogP contribution in [0.4, 0.5) is 0 Å². The molecule has 0 aliphatic heterocycles. The molecule has 8 aromatic carbocycles. The third kappa shape index (κ3) is 4.79. The van der Waals surface area contributed by atoms with E-state index in [0.717, 1.165) is 44.8 Å². The predicted octanol–water partition coefficient (Wildman–Crippen LogP) is 12.3. The van der Waals surface area contributed by atoms with Crippen LogP contribution in [-0.4, -0.2) is 15.0 Å². The largest absolute Gasteiger partial charge is 0.264 e. The molecule has 50 heavy (non-hydrogen) atoms. The predicted molar refractivity (Wildman–Crippen MR) is 208 cm³/mol. The fraction of sp³-hybridized carbons (Fsp3) is 0. The Balaban J connectivity index is 1.13. The molecule has 2 heterocycles. The lowest BCUT2D eigenvalue weighted by Gasteiger charge is -2.15. The second-order valence-electron chi connectivity index (χ2n) is 12.9. The summed E-state index contributed by atoms with van der Waals surface area (Å²) in [5, 5.41) is 9.99. The molecule has 3 nitrogen and oxygen atoms in total. The fourth-order valence-corrected chi connectivity index (χ4v) is 7.37. The summed E-state index contributed by atoms with van der Waals surface area (Å²) in [6, 6.07) is 58.4. The number of nitrogens with zero attached hydrogens (tertiary/aromatic N) is 3. The molecule has 0 spiro atoms. The van der Waals surface area contributed by atoms with Gasteiger partial charge in [0.15, 0.2) is 5.82 Å². The van der Waals surface area contributed by atoms with Crippen LogP contribution >= 0.6 is 0 Å². The van der Waals surface area contributed by atoms with E-state index >= 15 is 0 Å². The number of rotatable bonds is 5. The molecule has 0 saturated carbocycles. The van der Waals surface area contributed by atoms with E-state index < -0.39 is 0 Å². The molecular weight excluding hydrogens is 607 g/mol. The Bertz CT molecular complexity index is 2820. The first-order chi connectivity index (χ1) is 24.7. The first-order valence-corrected chi connectivity index (χ1v) is 16.9. The third-order valence-corrected chi connectivity index (χ3v) is 9.93. The van der Waals surface area contributed by atoms with Crippen LogP contribution in [0.15, 0.2) is 176 Å². The van der Waals surface area contributed by atoms with Gasteiger partial charge in [-0.05, 0) is 83.5 Å². The minimum atomic E-state index is 0.699. The Labute approximate surface area is 289 Å². The molecular formula is C47H29N3. The zero-order valence-electron chi connectivity index (χ0n) is 27.1. The minimum Gasteiger partial charge on any atom is -0.264 e. The summed E-state index contributed by atoms with van der Waals surface area (Å²) in [6.07, 6.45) is 3.69. The summed E-state index contributed by atoms with van der Waals surface area (Å²) < 4.78 is 0. The Morgan fingerprint density at radius 3 is 1.72 bits per heavy atom. The smallest absolute Gasteiger partial charge is 0.160 e. The highest BCUT2D eigenvalue weighted by atomic mass is 14.9. The molecule has 10 rings (SSSR count). The molecule has 0 N–H and O–H groups in total. The Hall–Kier alpha value is -6.71. The molecule has 0 unspecified atom stereocenters. The quantitative estimate of drug-likeness (QED) is 0.177. The second-order valence-corrected chi connectivity index (χ2v) is 12.9. The fourth-order valence-electron chi connectivity index (χ4n) is 7.37. The van der Waals surface area contributed by atoms with Gasteiger partial charge in [-0.3, -0.25) is 4.98 Å². The van der Waals surface area contributed by atoms with Crippen LogP contribution in [0.5, 0.6) is 0 Å². The zero-order valence-corrected chi connectivity index (χ0v) is 27.1. The van der Waals surface area contributed by atoms with Crippen molar-refractivity contribution in [1.29, 1.82) is 0 Å². The van der Waals surface area contributed by atoms with Gasteiger partial charge in [0.25, 0.3) is 0 Å². The molecule has 0 saturated heterocycles. The monoisotopic (exact) mass is 635 g/mol. The molecule has 3 heteroatoms. The summed E-state index contributed by atoms with van der Waals surface area (Å²) in [4.78, 5) is 14.8. The number of hydrogen-bond acceptors (Lipinski definition) is 3. The highest BCUT2D eigenvalue weighted by molar-refractivity contribution is 6.25. The molecule has 232 valence electrons. The van der Waals surface area contributed by atoms with E-state index in [9.17, 15) is 0 Å². The van der Waals surface area contributed by atoms with Crippen LogP contribution in [0, 0.1) is 0 Å². The first kappa shape index (κ1) is 28.3. The van der Waals surface area contributed by atoms with Crippen LogP contribution in [-0.2, 0) is 0 Å². The van der Waals surface area contributed by atoms with Gasteiger partial charge in [0.05, 0.1) is 11.4 Å². The molecule has 0 radical (unpaired) electrons. The lowest BCUT2D eigenvalue weighted by molar-refractivity contribution is 1.19. The van der Waals surface area contributed by atoms with Gasteiger partial charge in [-0.2, -0.15) is 0 Å². The summed E-state index contributed by atoms with van der Waals surface area (Å²) in [6.45, 7) is 0. The maximum Gasteiger partial charge on any atom is 0.160 e. The van der Waals surface area contributed by atoms with Gasteiger partial charge < -0.3 is 0 Å². The molecule has 0 aliphatic carbocycles. The number of pyridine rings is 1. The Kier molecular flexibility index (Phi) is 6.49. The summed E-state index contributed by atoms with van der Waals surface area (Å²) >= 11 is 0. The van der Waals surface area contributed by atoms with Crippen molar-refractivity contribution in [3.8, 4) is 56.2 Å². The lowest BCUT2D eigenvalue weighted by Crippen LogP contribution is -1.97. The number of aromatic nitrogens is 3. The van der Waals surface area contributed by atoms with Gasteiger partial charge in [-0.1, -0.05) is 146 Å². The van der Waals surface area contributed by atoms with Crippen LogP contribution in [0.25, 0.3) is 99.2 Å². The standard InChI is InChI=1S/C47H29N3/c1-2-6-38-27-39(21-14-30(38)5-1)31-12-19-37(20-13-31)47-49-43(33-15-10-32(11-16-33)40-9-4-26-48-29-40)28-44(50-47)41-24-22-36-18-17-34-7-3-8-35-23-25-42(41)46(36)45(34)35/h1-29H. The average molecular weight is 636 g/mol. The maximum absolute atomic E-state index is 5.27. The van der Waals surface area contributed by atoms with Gasteiger partial charge in [0, 0.05) is 29.1 Å². The molecule has 0 fully saturated rings. The van der Waals surface area contributed by atoms with Crippen molar-refractivity contribution >= 4 is 43.1 Å². The second kappa shape index (κ2) is 11.5. The highest BCUT2D eigenvalue weighted by Gasteiger charge is 2.16. The Morgan fingerprint density at radius 1 is 0.340 bits per heavy atom. The van der Waals surface area contributed by atoms with Crippen molar-refractivity contribution < 1.29 is 0 Å². The van der Waals surface area contributed by atoms with E-state index in [1.54, 1.807) is 6.20 Å². The van der Waals surface area contributed by atoms with Gasteiger partial charge in [0.2, 0.25) is 0 Å². The Morgan fingerprint density at radius 2 is 0.940 bits per heavy atom. The van der Waals surface area contributed by atoms with E-state index in [-0.39, 0.29) is 0 Å². The molecule has 0 aliphatic rings. The number of benzene rings is 8. The van der Waals surface area contributed by atoms with E-state index in [4.69, 9.17) is 9.97 Å². The minimum absolute atomic E-state index is 0.699. The van der Waals surface area contributed by atoms with E-state index in [2.05, 4.69) is 163 Å². The normalized spacial score (nSPS) is 11.6. The van der Waals surface area contributed by atoms with Crippen LogP contribution in [0.3, 0.4) is 0 Å². The van der Waals surface area contributed by atoms with Crippen molar-refractivity contribution in [2.45, 2.75) is 0 Å². The average Bonchev–Trinajstić information content (AvgIpc) is 3.20. The van der Waals surface area contributed by atoms with Gasteiger partial charge in [-0.15, -0.1) is 0 Å².